The molecule has 16 heavy (non-hydrogen) atoms. The summed E-state index contributed by atoms with van der Waals surface area (Å²) >= 11 is 0. The van der Waals surface area contributed by atoms with E-state index in [1.807, 2.05) is 20.8 Å². The average Bonchev–Trinajstić information content (AvgIpc) is 2.54. The van der Waals surface area contributed by atoms with E-state index in [0.29, 0.717) is 11.8 Å². The molecule has 92 valence electrons. The van der Waals surface area contributed by atoms with Crippen LogP contribution in [0.25, 0.3) is 0 Å². The Morgan fingerprint density at radius 3 is 2.38 bits per heavy atom. The summed E-state index contributed by atoms with van der Waals surface area (Å²) in [5.41, 5.74) is -0.188. The normalized spacial score (nSPS) is 36.1. The van der Waals surface area contributed by atoms with Gasteiger partial charge in [0.05, 0.1) is 6.04 Å². The first kappa shape index (κ1) is 12.1. The molecule has 1 aliphatic carbocycles. The third-order valence-corrected chi connectivity index (χ3v) is 4.45. The summed E-state index contributed by atoms with van der Waals surface area (Å²) in [4.78, 5) is 14.8. The van der Waals surface area contributed by atoms with Gasteiger partial charge < -0.3 is 0 Å². The van der Waals surface area contributed by atoms with Crippen LogP contribution in [-0.4, -0.2) is 29.8 Å². The van der Waals surface area contributed by atoms with E-state index in [4.69, 9.17) is 0 Å². The summed E-state index contributed by atoms with van der Waals surface area (Å²) in [6, 6.07) is 0.873. The van der Waals surface area contributed by atoms with Crippen LogP contribution in [0.1, 0.15) is 52.9 Å². The number of Topliss-reactive ketones (excluding diaryl/α,β-unsaturated/α-hetero) is 1. The second-order valence-corrected chi connectivity index (χ2v) is 6.64. The highest BCUT2D eigenvalue weighted by atomic mass is 16.1. The fraction of sp³-hybridized carbons (Fsp3) is 0.929. The zero-order valence-corrected chi connectivity index (χ0v) is 11.1. The van der Waals surface area contributed by atoms with E-state index in [2.05, 4.69) is 11.9 Å². The SMILES string of the molecule is CN1C(C(=O)C(C)(C)C)CC2CCCCC21. The lowest BCUT2D eigenvalue weighted by atomic mass is 9.82. The molecule has 1 heterocycles. The van der Waals surface area contributed by atoms with Gasteiger partial charge in [-0.2, -0.15) is 0 Å². The molecule has 0 spiro atoms. The van der Waals surface area contributed by atoms with Crippen molar-refractivity contribution in [3.8, 4) is 0 Å². The van der Waals surface area contributed by atoms with Crippen LogP contribution >= 0.6 is 0 Å². The number of nitrogens with zero attached hydrogens (tertiary/aromatic N) is 1. The molecule has 2 fully saturated rings. The molecule has 0 aromatic rings. The molecule has 1 aliphatic heterocycles. The summed E-state index contributed by atoms with van der Waals surface area (Å²) in [5.74, 6) is 1.22. The number of likely N-dealkylation sites (tertiary alicyclic amines) is 1. The van der Waals surface area contributed by atoms with Crippen LogP contribution in [0, 0.1) is 11.3 Å². The van der Waals surface area contributed by atoms with Crippen LogP contribution in [0.5, 0.6) is 0 Å². The van der Waals surface area contributed by atoms with Gasteiger partial charge >= 0.3 is 0 Å². The van der Waals surface area contributed by atoms with Crippen molar-refractivity contribution in [1.29, 1.82) is 0 Å². The van der Waals surface area contributed by atoms with Gasteiger partial charge in [0.1, 0.15) is 0 Å². The number of ketones is 1. The van der Waals surface area contributed by atoms with E-state index in [1.54, 1.807) is 0 Å². The standard InChI is InChI=1S/C14H25NO/c1-14(2,3)13(16)12-9-10-7-5-6-8-11(10)15(12)4/h10-12H,5-9H2,1-4H3. The topological polar surface area (TPSA) is 20.3 Å². The van der Waals surface area contributed by atoms with Gasteiger partial charge in [-0.3, -0.25) is 9.69 Å². The van der Waals surface area contributed by atoms with Crippen molar-refractivity contribution in [2.75, 3.05) is 7.05 Å². The molecular formula is C14H25NO. The Labute approximate surface area is 99.4 Å². The second kappa shape index (κ2) is 4.14. The van der Waals surface area contributed by atoms with Gasteiger partial charge in [0.2, 0.25) is 0 Å². The Morgan fingerprint density at radius 2 is 1.81 bits per heavy atom. The van der Waals surface area contributed by atoms with Gasteiger partial charge in [0.15, 0.2) is 5.78 Å². The highest BCUT2D eigenvalue weighted by Gasteiger charge is 2.45. The quantitative estimate of drug-likeness (QED) is 0.681. The van der Waals surface area contributed by atoms with Gasteiger partial charge in [-0.1, -0.05) is 33.6 Å². The first-order chi connectivity index (χ1) is 7.41. The van der Waals surface area contributed by atoms with E-state index >= 15 is 0 Å². The summed E-state index contributed by atoms with van der Waals surface area (Å²) in [5, 5.41) is 0. The Morgan fingerprint density at radius 1 is 1.19 bits per heavy atom. The molecule has 0 aromatic heterocycles. The molecule has 0 N–H and O–H groups in total. The molecule has 0 amide bonds. The lowest BCUT2D eigenvalue weighted by Crippen LogP contribution is -2.43. The maximum absolute atomic E-state index is 12.4. The molecule has 1 saturated carbocycles. The highest BCUT2D eigenvalue weighted by Crippen LogP contribution is 2.40. The molecule has 3 unspecified atom stereocenters. The van der Waals surface area contributed by atoms with Crippen LogP contribution in [0.2, 0.25) is 0 Å². The minimum absolute atomic E-state index is 0.188. The number of rotatable bonds is 1. The van der Waals surface area contributed by atoms with Crippen LogP contribution in [0.3, 0.4) is 0 Å². The molecule has 2 nitrogen and oxygen atoms in total. The summed E-state index contributed by atoms with van der Waals surface area (Å²) in [6.07, 6.45) is 6.46. The van der Waals surface area contributed by atoms with Crippen molar-refractivity contribution in [2.45, 2.75) is 65.0 Å². The number of hydrogen-bond donors (Lipinski definition) is 0. The Kier molecular flexibility index (Phi) is 3.13. The van der Waals surface area contributed by atoms with Crippen LogP contribution in [-0.2, 0) is 4.79 Å². The summed E-state index contributed by atoms with van der Waals surface area (Å²) < 4.78 is 0. The van der Waals surface area contributed by atoms with Crippen LogP contribution in [0.15, 0.2) is 0 Å². The number of carbonyl (C=O) groups is 1. The molecule has 1 saturated heterocycles. The lowest BCUT2D eigenvalue weighted by molar-refractivity contribution is -0.130. The minimum Gasteiger partial charge on any atom is -0.297 e. The summed E-state index contributed by atoms with van der Waals surface area (Å²) in [6.45, 7) is 6.14. The largest absolute Gasteiger partial charge is 0.297 e. The zero-order valence-electron chi connectivity index (χ0n) is 11.1. The summed E-state index contributed by atoms with van der Waals surface area (Å²) in [7, 11) is 2.16. The maximum atomic E-state index is 12.4. The van der Waals surface area contributed by atoms with Gasteiger partial charge in [-0.15, -0.1) is 0 Å². The predicted octanol–water partition coefficient (Wildman–Crippen LogP) is 2.86. The molecule has 2 aliphatic rings. The highest BCUT2D eigenvalue weighted by molar-refractivity contribution is 5.89. The van der Waals surface area contributed by atoms with E-state index in [9.17, 15) is 4.79 Å². The Balaban J connectivity index is 2.10. The number of carbonyl (C=O) groups excluding carboxylic acids is 1. The van der Waals surface area contributed by atoms with Gasteiger partial charge in [0, 0.05) is 11.5 Å². The maximum Gasteiger partial charge on any atom is 0.155 e. The number of fused-ring (bicyclic) bond motifs is 1. The molecule has 0 bridgehead atoms. The van der Waals surface area contributed by atoms with Crippen molar-refractivity contribution in [3.05, 3.63) is 0 Å². The van der Waals surface area contributed by atoms with Crippen molar-refractivity contribution in [2.24, 2.45) is 11.3 Å². The van der Waals surface area contributed by atoms with Gasteiger partial charge in [0.25, 0.3) is 0 Å². The lowest BCUT2D eigenvalue weighted by Gasteiger charge is -2.31. The smallest absolute Gasteiger partial charge is 0.155 e. The van der Waals surface area contributed by atoms with E-state index in [0.717, 1.165) is 12.3 Å². The third kappa shape index (κ3) is 2.04. The van der Waals surface area contributed by atoms with Crippen LogP contribution < -0.4 is 0 Å². The van der Waals surface area contributed by atoms with Crippen molar-refractivity contribution in [3.63, 3.8) is 0 Å². The van der Waals surface area contributed by atoms with Crippen LogP contribution in [0.4, 0.5) is 0 Å². The van der Waals surface area contributed by atoms with Crippen molar-refractivity contribution >= 4 is 5.78 Å². The molecule has 3 atom stereocenters. The molecule has 2 heteroatoms. The van der Waals surface area contributed by atoms with Crippen molar-refractivity contribution < 1.29 is 4.79 Å². The molecule has 0 aromatic carbocycles. The third-order valence-electron chi connectivity index (χ3n) is 4.45. The second-order valence-electron chi connectivity index (χ2n) is 6.64. The average molecular weight is 223 g/mol. The zero-order chi connectivity index (χ0) is 11.9. The van der Waals surface area contributed by atoms with E-state index in [-0.39, 0.29) is 11.5 Å². The number of hydrogen-bond acceptors (Lipinski definition) is 2. The Bertz CT molecular complexity index is 279. The molecule has 0 radical (unpaired) electrons. The number of likely N-dealkylation sites (N-methyl/N-ethyl adjacent to an activating group) is 1. The first-order valence-electron chi connectivity index (χ1n) is 6.67. The van der Waals surface area contributed by atoms with Crippen molar-refractivity contribution in [1.82, 2.24) is 4.90 Å². The molecule has 2 rings (SSSR count). The monoisotopic (exact) mass is 223 g/mol. The molecular weight excluding hydrogens is 198 g/mol. The van der Waals surface area contributed by atoms with Gasteiger partial charge in [-0.05, 0) is 32.2 Å². The fourth-order valence-corrected chi connectivity index (χ4v) is 3.48. The first-order valence-corrected chi connectivity index (χ1v) is 6.67. The minimum atomic E-state index is -0.188. The van der Waals surface area contributed by atoms with E-state index < -0.39 is 0 Å². The predicted molar refractivity (Wildman–Crippen MR) is 66.4 cm³/mol. The Hall–Kier alpha value is -0.370. The van der Waals surface area contributed by atoms with Gasteiger partial charge in [-0.25, -0.2) is 0 Å². The van der Waals surface area contributed by atoms with E-state index in [1.165, 1.54) is 25.7 Å². The fourth-order valence-electron chi connectivity index (χ4n) is 3.48.